The summed E-state index contributed by atoms with van der Waals surface area (Å²) in [6, 6.07) is 15.5. The molecule has 0 bridgehead atoms. The van der Waals surface area contributed by atoms with Gasteiger partial charge in [-0.05, 0) is 41.8 Å². The van der Waals surface area contributed by atoms with Gasteiger partial charge in [-0.1, -0.05) is 36.4 Å². The van der Waals surface area contributed by atoms with E-state index >= 15 is 0 Å². The van der Waals surface area contributed by atoms with Crippen LogP contribution in [0.25, 0.3) is 11.1 Å². The summed E-state index contributed by atoms with van der Waals surface area (Å²) in [5.41, 5.74) is 9.05. The van der Waals surface area contributed by atoms with Crippen LogP contribution in [0.4, 0.5) is 0 Å². The molecule has 0 aliphatic rings. The highest BCUT2D eigenvalue weighted by Gasteiger charge is 1.99. The van der Waals surface area contributed by atoms with Crippen molar-refractivity contribution >= 4 is 12.4 Å². The van der Waals surface area contributed by atoms with E-state index in [1.807, 2.05) is 18.2 Å². The van der Waals surface area contributed by atoms with E-state index in [4.69, 9.17) is 5.73 Å². The molecule has 0 aliphatic carbocycles. The second-order valence-electron chi connectivity index (χ2n) is 3.79. The van der Waals surface area contributed by atoms with Crippen molar-refractivity contribution in [3.8, 4) is 16.9 Å². The first-order valence-corrected chi connectivity index (χ1v) is 5.38. The molecule has 0 radical (unpaired) electrons. The van der Waals surface area contributed by atoms with Gasteiger partial charge in [0.05, 0.1) is 0 Å². The molecule has 0 amide bonds. The molecule has 0 atom stereocenters. The lowest BCUT2D eigenvalue weighted by Gasteiger charge is -2.04. The highest BCUT2D eigenvalue weighted by atomic mass is 35.5. The van der Waals surface area contributed by atoms with Crippen LogP contribution < -0.4 is 5.73 Å². The Morgan fingerprint density at radius 3 is 2.29 bits per heavy atom. The van der Waals surface area contributed by atoms with Gasteiger partial charge in [-0.25, -0.2) is 0 Å². The van der Waals surface area contributed by atoms with Gasteiger partial charge in [0, 0.05) is 0 Å². The lowest BCUT2D eigenvalue weighted by atomic mass is 10.0. The van der Waals surface area contributed by atoms with Crippen LogP contribution in [0.3, 0.4) is 0 Å². The second-order valence-corrected chi connectivity index (χ2v) is 3.79. The van der Waals surface area contributed by atoms with Crippen molar-refractivity contribution in [3.63, 3.8) is 0 Å². The number of hydrogen-bond acceptors (Lipinski definition) is 2. The van der Waals surface area contributed by atoms with Gasteiger partial charge in [0.1, 0.15) is 5.75 Å². The summed E-state index contributed by atoms with van der Waals surface area (Å²) in [5.74, 6) is 0.293. The van der Waals surface area contributed by atoms with Gasteiger partial charge in [-0.15, -0.1) is 12.4 Å². The van der Waals surface area contributed by atoms with Gasteiger partial charge in [0.25, 0.3) is 0 Å². The average Bonchev–Trinajstić information content (AvgIpc) is 2.31. The first-order chi connectivity index (χ1) is 7.79. The van der Waals surface area contributed by atoms with Gasteiger partial charge < -0.3 is 10.8 Å². The first-order valence-electron chi connectivity index (χ1n) is 5.38. The third-order valence-corrected chi connectivity index (χ3v) is 2.56. The van der Waals surface area contributed by atoms with E-state index in [1.165, 1.54) is 5.56 Å². The van der Waals surface area contributed by atoms with Crippen LogP contribution in [0.2, 0.25) is 0 Å². The Bertz CT molecular complexity index is 468. The van der Waals surface area contributed by atoms with Gasteiger partial charge in [-0.2, -0.15) is 0 Å². The summed E-state index contributed by atoms with van der Waals surface area (Å²) in [5, 5.41) is 9.23. The molecule has 0 saturated carbocycles. The highest BCUT2D eigenvalue weighted by Crippen LogP contribution is 2.22. The summed E-state index contributed by atoms with van der Waals surface area (Å²) in [7, 11) is 0. The maximum Gasteiger partial charge on any atom is 0.115 e. The Morgan fingerprint density at radius 2 is 1.65 bits per heavy atom. The van der Waals surface area contributed by atoms with Gasteiger partial charge >= 0.3 is 0 Å². The van der Waals surface area contributed by atoms with Crippen LogP contribution in [0.15, 0.2) is 48.5 Å². The summed E-state index contributed by atoms with van der Waals surface area (Å²) in [6.07, 6.45) is 0.895. The third kappa shape index (κ3) is 3.48. The third-order valence-electron chi connectivity index (χ3n) is 2.56. The summed E-state index contributed by atoms with van der Waals surface area (Å²) in [4.78, 5) is 0. The fourth-order valence-electron chi connectivity index (χ4n) is 1.73. The molecule has 0 unspecified atom stereocenters. The fourth-order valence-corrected chi connectivity index (χ4v) is 1.73. The molecule has 0 fully saturated rings. The van der Waals surface area contributed by atoms with Crippen LogP contribution >= 0.6 is 12.4 Å². The number of phenols is 1. The number of hydrogen-bond donors (Lipinski definition) is 2. The molecule has 0 spiro atoms. The van der Waals surface area contributed by atoms with Gasteiger partial charge in [0.2, 0.25) is 0 Å². The van der Waals surface area contributed by atoms with Gasteiger partial charge in [0.15, 0.2) is 0 Å². The van der Waals surface area contributed by atoms with Crippen molar-refractivity contribution in [1.82, 2.24) is 0 Å². The van der Waals surface area contributed by atoms with Crippen molar-refractivity contribution in [1.29, 1.82) is 0 Å². The maximum atomic E-state index is 9.23. The molecule has 0 saturated heterocycles. The molecular formula is C14H16ClNO. The van der Waals surface area contributed by atoms with Crippen molar-refractivity contribution in [3.05, 3.63) is 54.1 Å². The Labute approximate surface area is 108 Å². The number of nitrogens with two attached hydrogens (primary N) is 1. The fraction of sp³-hybridized carbons (Fsp3) is 0.143. The number of halogens is 1. The lowest BCUT2D eigenvalue weighted by Crippen LogP contribution is -2.02. The smallest absolute Gasteiger partial charge is 0.115 e. The molecule has 3 heteroatoms. The predicted octanol–water partition coefficient (Wildman–Crippen LogP) is 2.98. The maximum absolute atomic E-state index is 9.23. The molecule has 90 valence electrons. The van der Waals surface area contributed by atoms with Crippen LogP contribution in [0.1, 0.15) is 5.56 Å². The monoisotopic (exact) mass is 249 g/mol. The zero-order valence-corrected chi connectivity index (χ0v) is 10.3. The van der Waals surface area contributed by atoms with E-state index in [0.717, 1.165) is 17.5 Å². The van der Waals surface area contributed by atoms with E-state index < -0.39 is 0 Å². The Balaban J connectivity index is 0.00000144. The Hall–Kier alpha value is -1.51. The van der Waals surface area contributed by atoms with Crippen LogP contribution in [0.5, 0.6) is 5.75 Å². The van der Waals surface area contributed by atoms with Crippen LogP contribution in [-0.2, 0) is 6.42 Å². The number of aromatic hydroxyl groups is 1. The lowest BCUT2D eigenvalue weighted by molar-refractivity contribution is 0.475. The first kappa shape index (κ1) is 13.6. The quantitative estimate of drug-likeness (QED) is 0.879. The summed E-state index contributed by atoms with van der Waals surface area (Å²) >= 11 is 0. The zero-order chi connectivity index (χ0) is 11.4. The van der Waals surface area contributed by atoms with Gasteiger partial charge in [-0.3, -0.25) is 0 Å². The second kappa shape index (κ2) is 6.28. The largest absolute Gasteiger partial charge is 0.508 e. The SMILES string of the molecule is Cl.NCCc1cccc(-c2ccc(O)cc2)c1. The van der Waals surface area contributed by atoms with Crippen molar-refractivity contribution in [2.75, 3.05) is 6.54 Å². The zero-order valence-electron chi connectivity index (χ0n) is 9.47. The van der Waals surface area contributed by atoms with Crippen molar-refractivity contribution in [2.45, 2.75) is 6.42 Å². The summed E-state index contributed by atoms with van der Waals surface area (Å²) < 4.78 is 0. The topological polar surface area (TPSA) is 46.2 Å². The van der Waals surface area contributed by atoms with E-state index in [9.17, 15) is 5.11 Å². The van der Waals surface area contributed by atoms with E-state index in [0.29, 0.717) is 12.3 Å². The normalized spacial score (nSPS) is 9.71. The molecule has 0 heterocycles. The number of benzene rings is 2. The molecule has 17 heavy (non-hydrogen) atoms. The summed E-state index contributed by atoms with van der Waals surface area (Å²) in [6.45, 7) is 0.666. The molecule has 0 aromatic heterocycles. The minimum atomic E-state index is 0. The van der Waals surface area contributed by atoms with E-state index in [1.54, 1.807) is 12.1 Å². The molecule has 2 nitrogen and oxygen atoms in total. The Morgan fingerprint density at radius 1 is 0.941 bits per heavy atom. The molecular weight excluding hydrogens is 234 g/mol. The number of rotatable bonds is 3. The van der Waals surface area contributed by atoms with Crippen LogP contribution in [-0.4, -0.2) is 11.7 Å². The molecule has 2 rings (SSSR count). The van der Waals surface area contributed by atoms with Crippen LogP contribution in [0, 0.1) is 0 Å². The molecule has 2 aromatic carbocycles. The molecule has 2 aromatic rings. The van der Waals surface area contributed by atoms with Crippen molar-refractivity contribution < 1.29 is 5.11 Å². The minimum absolute atomic E-state index is 0. The highest BCUT2D eigenvalue weighted by molar-refractivity contribution is 5.85. The van der Waals surface area contributed by atoms with Crippen molar-refractivity contribution in [2.24, 2.45) is 5.73 Å². The van der Waals surface area contributed by atoms with E-state index in [-0.39, 0.29) is 12.4 Å². The molecule has 0 aliphatic heterocycles. The Kier molecular flexibility index (Phi) is 5.01. The van der Waals surface area contributed by atoms with E-state index in [2.05, 4.69) is 18.2 Å². The average molecular weight is 250 g/mol. The number of phenolic OH excluding ortho intramolecular Hbond substituents is 1. The minimum Gasteiger partial charge on any atom is -0.508 e. The standard InChI is InChI=1S/C14H15NO.ClH/c15-9-8-11-2-1-3-13(10-11)12-4-6-14(16)7-5-12;/h1-7,10,16H,8-9,15H2;1H. The molecule has 3 N–H and O–H groups in total. The predicted molar refractivity (Wildman–Crippen MR) is 73.5 cm³/mol.